The molecule has 3 atom stereocenters. The Morgan fingerprint density at radius 1 is 1.15 bits per heavy atom. The van der Waals surface area contributed by atoms with Gasteiger partial charge in [-0.15, -0.1) is 0 Å². The fraction of sp³-hybridized carbons (Fsp3) is 1.00. The molecule has 76 valence electrons. The van der Waals surface area contributed by atoms with Crippen LogP contribution in [0.5, 0.6) is 0 Å². The van der Waals surface area contributed by atoms with Crippen molar-refractivity contribution in [3.05, 3.63) is 0 Å². The second-order valence-corrected chi connectivity index (χ2v) is 6.01. The Bertz CT molecular complexity index is 204. The number of rotatable bonds is 0. The topological polar surface area (TPSA) is 20.2 Å². The van der Waals surface area contributed by atoms with Crippen LogP contribution in [0.4, 0.5) is 0 Å². The summed E-state index contributed by atoms with van der Waals surface area (Å²) in [6.07, 6.45) is 6.26. The standard InChI is InChI=1S/C12H22O/c1-11(2,3)12(13)8-7-9-5-4-6-10(9)12/h9-10,13H,4-8H2,1-3H3/t9-,10-,12+/m0/s1. The van der Waals surface area contributed by atoms with Crippen LogP contribution in [0.25, 0.3) is 0 Å². The zero-order valence-corrected chi connectivity index (χ0v) is 9.14. The van der Waals surface area contributed by atoms with Crippen LogP contribution in [-0.4, -0.2) is 10.7 Å². The molecule has 0 spiro atoms. The molecule has 2 saturated carbocycles. The predicted molar refractivity (Wildman–Crippen MR) is 54.5 cm³/mol. The Labute approximate surface area is 81.5 Å². The van der Waals surface area contributed by atoms with Crippen LogP contribution in [-0.2, 0) is 0 Å². The summed E-state index contributed by atoms with van der Waals surface area (Å²) in [5.74, 6) is 1.44. The summed E-state index contributed by atoms with van der Waals surface area (Å²) in [5, 5.41) is 10.7. The molecule has 0 aliphatic heterocycles. The van der Waals surface area contributed by atoms with E-state index in [2.05, 4.69) is 20.8 Å². The van der Waals surface area contributed by atoms with Crippen LogP contribution in [0.3, 0.4) is 0 Å². The third-order valence-corrected chi connectivity index (χ3v) is 4.47. The zero-order valence-electron chi connectivity index (χ0n) is 9.14. The van der Waals surface area contributed by atoms with Gasteiger partial charge in [0, 0.05) is 0 Å². The van der Waals surface area contributed by atoms with Gasteiger partial charge in [-0.25, -0.2) is 0 Å². The summed E-state index contributed by atoms with van der Waals surface area (Å²) in [6, 6.07) is 0. The van der Waals surface area contributed by atoms with Gasteiger partial charge < -0.3 is 5.11 Å². The number of hydrogen-bond donors (Lipinski definition) is 1. The highest BCUT2D eigenvalue weighted by Crippen LogP contribution is 2.56. The minimum atomic E-state index is -0.367. The molecule has 2 aliphatic rings. The third-order valence-electron chi connectivity index (χ3n) is 4.47. The molecule has 0 aromatic carbocycles. The minimum Gasteiger partial charge on any atom is -0.389 e. The molecular formula is C12H22O. The van der Waals surface area contributed by atoms with Gasteiger partial charge in [0.25, 0.3) is 0 Å². The Balaban J connectivity index is 2.24. The highest BCUT2D eigenvalue weighted by atomic mass is 16.3. The van der Waals surface area contributed by atoms with Gasteiger partial charge in [-0.05, 0) is 36.5 Å². The zero-order chi connectivity index (χ0) is 9.69. The van der Waals surface area contributed by atoms with Gasteiger partial charge in [-0.2, -0.15) is 0 Å². The number of aliphatic hydroxyl groups is 1. The van der Waals surface area contributed by atoms with E-state index in [1.54, 1.807) is 0 Å². The smallest absolute Gasteiger partial charge is 0.0726 e. The van der Waals surface area contributed by atoms with E-state index in [4.69, 9.17) is 0 Å². The number of fused-ring (bicyclic) bond motifs is 1. The van der Waals surface area contributed by atoms with Crippen molar-refractivity contribution in [3.63, 3.8) is 0 Å². The van der Waals surface area contributed by atoms with Gasteiger partial charge in [0.1, 0.15) is 0 Å². The fourth-order valence-corrected chi connectivity index (χ4v) is 3.53. The lowest BCUT2D eigenvalue weighted by atomic mass is 9.69. The normalized spacial score (nSPS) is 45.2. The summed E-state index contributed by atoms with van der Waals surface area (Å²) < 4.78 is 0. The maximum absolute atomic E-state index is 10.7. The summed E-state index contributed by atoms with van der Waals surface area (Å²) in [4.78, 5) is 0. The van der Waals surface area contributed by atoms with Crippen molar-refractivity contribution in [3.8, 4) is 0 Å². The second-order valence-electron chi connectivity index (χ2n) is 6.01. The van der Waals surface area contributed by atoms with Crippen LogP contribution < -0.4 is 0 Å². The van der Waals surface area contributed by atoms with Crippen molar-refractivity contribution in [1.82, 2.24) is 0 Å². The van der Waals surface area contributed by atoms with Crippen molar-refractivity contribution in [2.75, 3.05) is 0 Å². The monoisotopic (exact) mass is 182 g/mol. The molecular weight excluding hydrogens is 160 g/mol. The van der Waals surface area contributed by atoms with Crippen LogP contribution >= 0.6 is 0 Å². The Hall–Kier alpha value is -0.0400. The van der Waals surface area contributed by atoms with E-state index >= 15 is 0 Å². The summed E-state index contributed by atoms with van der Waals surface area (Å²) in [5.41, 5.74) is -0.301. The second kappa shape index (κ2) is 2.73. The average Bonchev–Trinajstić information content (AvgIpc) is 2.52. The summed E-state index contributed by atoms with van der Waals surface area (Å²) in [7, 11) is 0. The van der Waals surface area contributed by atoms with E-state index in [0.29, 0.717) is 5.92 Å². The van der Waals surface area contributed by atoms with E-state index in [1.807, 2.05) is 0 Å². The van der Waals surface area contributed by atoms with Crippen LogP contribution in [0, 0.1) is 17.3 Å². The Kier molecular flexibility index (Phi) is 1.99. The maximum Gasteiger partial charge on any atom is 0.0726 e. The molecule has 13 heavy (non-hydrogen) atoms. The Morgan fingerprint density at radius 2 is 1.85 bits per heavy atom. The van der Waals surface area contributed by atoms with Crippen LogP contribution in [0.15, 0.2) is 0 Å². The van der Waals surface area contributed by atoms with Crippen LogP contribution in [0.2, 0.25) is 0 Å². The minimum absolute atomic E-state index is 0.0662. The molecule has 1 nitrogen and oxygen atoms in total. The number of hydrogen-bond acceptors (Lipinski definition) is 1. The molecule has 1 heteroatoms. The molecule has 0 unspecified atom stereocenters. The largest absolute Gasteiger partial charge is 0.389 e. The lowest BCUT2D eigenvalue weighted by Gasteiger charge is -2.42. The van der Waals surface area contributed by atoms with Crippen molar-refractivity contribution < 1.29 is 5.11 Å². The van der Waals surface area contributed by atoms with E-state index in [1.165, 1.54) is 25.7 Å². The molecule has 2 aliphatic carbocycles. The predicted octanol–water partition coefficient (Wildman–Crippen LogP) is 2.97. The highest BCUT2D eigenvalue weighted by Gasteiger charge is 2.54. The molecule has 0 radical (unpaired) electrons. The molecule has 2 fully saturated rings. The first kappa shape index (κ1) is 9.51. The maximum atomic E-state index is 10.7. The van der Waals surface area contributed by atoms with Gasteiger partial charge in [-0.3, -0.25) is 0 Å². The van der Waals surface area contributed by atoms with E-state index < -0.39 is 0 Å². The van der Waals surface area contributed by atoms with Gasteiger partial charge >= 0.3 is 0 Å². The SMILES string of the molecule is CC(C)(C)[C@@]1(O)CC[C@@H]2CCC[C@@H]21. The molecule has 0 aromatic rings. The summed E-state index contributed by atoms with van der Waals surface area (Å²) >= 11 is 0. The van der Waals surface area contributed by atoms with Crippen molar-refractivity contribution in [2.24, 2.45) is 17.3 Å². The third kappa shape index (κ3) is 1.24. The lowest BCUT2D eigenvalue weighted by molar-refractivity contribution is -0.0907. The first-order valence-corrected chi connectivity index (χ1v) is 5.67. The average molecular weight is 182 g/mol. The summed E-state index contributed by atoms with van der Waals surface area (Å²) in [6.45, 7) is 6.56. The molecule has 0 aromatic heterocycles. The van der Waals surface area contributed by atoms with E-state index in [-0.39, 0.29) is 11.0 Å². The van der Waals surface area contributed by atoms with Crippen molar-refractivity contribution >= 4 is 0 Å². The Morgan fingerprint density at radius 3 is 2.46 bits per heavy atom. The molecule has 2 rings (SSSR count). The highest BCUT2D eigenvalue weighted by molar-refractivity contribution is 5.05. The van der Waals surface area contributed by atoms with Crippen molar-refractivity contribution in [1.29, 1.82) is 0 Å². The van der Waals surface area contributed by atoms with Gasteiger partial charge in [0.15, 0.2) is 0 Å². The molecule has 0 heterocycles. The van der Waals surface area contributed by atoms with Crippen molar-refractivity contribution in [2.45, 2.75) is 58.5 Å². The fourth-order valence-electron chi connectivity index (χ4n) is 3.53. The molecule has 0 amide bonds. The van der Waals surface area contributed by atoms with Gasteiger partial charge in [0.2, 0.25) is 0 Å². The van der Waals surface area contributed by atoms with Gasteiger partial charge in [0.05, 0.1) is 5.60 Å². The molecule has 0 bridgehead atoms. The van der Waals surface area contributed by atoms with E-state index in [0.717, 1.165) is 12.3 Å². The van der Waals surface area contributed by atoms with Gasteiger partial charge in [-0.1, -0.05) is 33.6 Å². The van der Waals surface area contributed by atoms with E-state index in [9.17, 15) is 5.11 Å². The molecule has 0 saturated heterocycles. The first-order chi connectivity index (χ1) is 5.95. The first-order valence-electron chi connectivity index (χ1n) is 5.67. The van der Waals surface area contributed by atoms with Crippen LogP contribution in [0.1, 0.15) is 52.9 Å². The molecule has 1 N–H and O–H groups in total. The lowest BCUT2D eigenvalue weighted by Crippen LogP contribution is -2.46. The quantitative estimate of drug-likeness (QED) is 0.610.